The molecule has 1 aromatic heterocycles. The number of fused-ring (bicyclic) bond motifs is 1. The highest BCUT2D eigenvalue weighted by Gasteiger charge is 2.19. The average molecular weight is 312 g/mol. The third-order valence-corrected chi connectivity index (χ3v) is 4.75. The van der Waals surface area contributed by atoms with E-state index in [9.17, 15) is 9.59 Å². The van der Waals surface area contributed by atoms with E-state index in [-0.39, 0.29) is 18.0 Å². The quantitative estimate of drug-likeness (QED) is 0.855. The molecule has 0 N–H and O–H groups in total. The zero-order valence-electron chi connectivity index (χ0n) is 14.2. The minimum atomic E-state index is -0.0905. The van der Waals surface area contributed by atoms with Crippen LogP contribution in [0.25, 0.3) is 10.9 Å². The van der Waals surface area contributed by atoms with Gasteiger partial charge in [-0.25, -0.2) is 0 Å². The molecular formula is C19H24N2O2. The van der Waals surface area contributed by atoms with E-state index in [1.165, 1.54) is 12.0 Å². The lowest BCUT2D eigenvalue weighted by molar-refractivity contribution is -0.132. The second kappa shape index (κ2) is 6.19. The maximum atomic E-state index is 12.6. The number of piperidine rings is 1. The fourth-order valence-corrected chi connectivity index (χ4v) is 3.61. The molecule has 1 aromatic carbocycles. The van der Waals surface area contributed by atoms with Gasteiger partial charge >= 0.3 is 0 Å². The summed E-state index contributed by atoms with van der Waals surface area (Å²) >= 11 is 0. The third-order valence-electron chi connectivity index (χ3n) is 4.75. The van der Waals surface area contributed by atoms with Gasteiger partial charge in [-0.2, -0.15) is 0 Å². The van der Waals surface area contributed by atoms with Crippen LogP contribution in [0.15, 0.2) is 23.0 Å². The summed E-state index contributed by atoms with van der Waals surface area (Å²) in [6.07, 6.45) is 3.32. The Hall–Kier alpha value is -2.10. The van der Waals surface area contributed by atoms with Crippen molar-refractivity contribution in [3.05, 3.63) is 45.2 Å². The lowest BCUT2D eigenvalue weighted by Crippen LogP contribution is -2.39. The van der Waals surface area contributed by atoms with Gasteiger partial charge in [-0.15, -0.1) is 0 Å². The number of carbonyl (C=O) groups excluding carboxylic acids is 1. The average Bonchev–Trinajstić information content (AvgIpc) is 2.52. The number of rotatable bonds is 2. The molecular weight excluding hydrogens is 288 g/mol. The SMILES string of the molecule is Cc1cc(C)c2c(c1)c(C)cc(=O)n2CC(=O)N1CCCCC1. The monoisotopic (exact) mass is 312 g/mol. The number of likely N-dealkylation sites (tertiary alicyclic amines) is 1. The van der Waals surface area contributed by atoms with Crippen LogP contribution < -0.4 is 5.56 Å². The number of carbonyl (C=O) groups is 1. The van der Waals surface area contributed by atoms with Crippen molar-refractivity contribution in [3.8, 4) is 0 Å². The highest BCUT2D eigenvalue weighted by Crippen LogP contribution is 2.22. The standard InChI is InChI=1S/C19H24N2O2/c1-13-9-15(3)19-16(10-13)14(2)11-17(22)21(19)12-18(23)20-7-5-4-6-8-20/h9-11H,4-8,12H2,1-3H3. The summed E-state index contributed by atoms with van der Waals surface area (Å²) in [6.45, 7) is 7.79. The van der Waals surface area contributed by atoms with Crippen molar-refractivity contribution in [1.82, 2.24) is 9.47 Å². The number of benzene rings is 1. The second-order valence-electron chi connectivity index (χ2n) is 6.67. The Kier molecular flexibility index (Phi) is 4.24. The van der Waals surface area contributed by atoms with Crippen LogP contribution in [-0.4, -0.2) is 28.5 Å². The van der Waals surface area contributed by atoms with Crippen molar-refractivity contribution < 1.29 is 4.79 Å². The molecule has 2 heterocycles. The maximum Gasteiger partial charge on any atom is 0.251 e. The molecule has 0 unspecified atom stereocenters. The van der Waals surface area contributed by atoms with Crippen LogP contribution in [0.2, 0.25) is 0 Å². The van der Waals surface area contributed by atoms with Crippen LogP contribution in [0.5, 0.6) is 0 Å². The molecule has 4 nitrogen and oxygen atoms in total. The van der Waals surface area contributed by atoms with Crippen molar-refractivity contribution >= 4 is 16.8 Å². The molecule has 0 saturated carbocycles. The first-order valence-electron chi connectivity index (χ1n) is 8.36. The zero-order valence-corrected chi connectivity index (χ0v) is 14.2. The number of aryl methyl sites for hydroxylation is 3. The minimum absolute atomic E-state index is 0.0527. The second-order valence-corrected chi connectivity index (χ2v) is 6.67. The number of amides is 1. The maximum absolute atomic E-state index is 12.6. The number of aromatic nitrogens is 1. The van der Waals surface area contributed by atoms with Crippen LogP contribution in [0, 0.1) is 20.8 Å². The summed E-state index contributed by atoms with van der Waals surface area (Å²) in [6, 6.07) is 5.81. The lowest BCUT2D eigenvalue weighted by Gasteiger charge is -2.27. The summed E-state index contributed by atoms with van der Waals surface area (Å²) < 4.78 is 1.65. The summed E-state index contributed by atoms with van der Waals surface area (Å²) in [7, 11) is 0. The topological polar surface area (TPSA) is 42.3 Å². The van der Waals surface area contributed by atoms with E-state index >= 15 is 0 Å². The first kappa shape index (κ1) is 15.8. The van der Waals surface area contributed by atoms with E-state index < -0.39 is 0 Å². The summed E-state index contributed by atoms with van der Waals surface area (Å²) in [5.41, 5.74) is 4.00. The minimum Gasteiger partial charge on any atom is -0.341 e. The molecule has 3 rings (SSSR count). The van der Waals surface area contributed by atoms with Crippen LogP contribution in [0.4, 0.5) is 0 Å². The largest absolute Gasteiger partial charge is 0.341 e. The molecule has 1 aliphatic rings. The molecule has 0 aliphatic carbocycles. The van der Waals surface area contributed by atoms with E-state index in [4.69, 9.17) is 0 Å². The van der Waals surface area contributed by atoms with Crippen molar-refractivity contribution in [2.24, 2.45) is 0 Å². The zero-order chi connectivity index (χ0) is 16.6. The van der Waals surface area contributed by atoms with Gasteiger partial charge in [0.2, 0.25) is 5.91 Å². The highest BCUT2D eigenvalue weighted by molar-refractivity contribution is 5.87. The molecule has 0 radical (unpaired) electrons. The highest BCUT2D eigenvalue weighted by atomic mass is 16.2. The Morgan fingerprint density at radius 2 is 1.70 bits per heavy atom. The molecule has 0 spiro atoms. The Morgan fingerprint density at radius 3 is 2.39 bits per heavy atom. The number of nitrogens with zero attached hydrogens (tertiary/aromatic N) is 2. The van der Waals surface area contributed by atoms with Gasteiger partial charge in [0, 0.05) is 24.5 Å². The normalized spacial score (nSPS) is 15.2. The van der Waals surface area contributed by atoms with Crippen LogP contribution in [0.1, 0.15) is 36.0 Å². The molecule has 1 saturated heterocycles. The molecule has 122 valence electrons. The first-order chi connectivity index (χ1) is 11.0. The smallest absolute Gasteiger partial charge is 0.251 e. The van der Waals surface area contributed by atoms with Gasteiger partial charge in [0.15, 0.2) is 0 Å². The van der Waals surface area contributed by atoms with Crippen molar-refractivity contribution in [2.75, 3.05) is 13.1 Å². The molecule has 2 aromatic rings. The fourth-order valence-electron chi connectivity index (χ4n) is 3.61. The Labute approximate surface area is 136 Å². The van der Waals surface area contributed by atoms with Gasteiger partial charge in [-0.3, -0.25) is 14.2 Å². The molecule has 23 heavy (non-hydrogen) atoms. The molecule has 0 bridgehead atoms. The number of hydrogen-bond donors (Lipinski definition) is 0. The van der Waals surface area contributed by atoms with Gasteiger partial charge in [-0.05, 0) is 57.2 Å². The van der Waals surface area contributed by atoms with Gasteiger partial charge in [0.25, 0.3) is 5.56 Å². The Balaban J connectivity index is 2.06. The van der Waals surface area contributed by atoms with E-state index in [0.29, 0.717) is 0 Å². The number of hydrogen-bond acceptors (Lipinski definition) is 2. The molecule has 1 aliphatic heterocycles. The lowest BCUT2D eigenvalue weighted by atomic mass is 10.0. The van der Waals surface area contributed by atoms with Crippen molar-refractivity contribution in [2.45, 2.75) is 46.6 Å². The van der Waals surface area contributed by atoms with Gasteiger partial charge in [-0.1, -0.05) is 11.6 Å². The fraction of sp³-hybridized carbons (Fsp3) is 0.474. The van der Waals surface area contributed by atoms with Crippen molar-refractivity contribution in [1.29, 1.82) is 0 Å². The molecule has 0 atom stereocenters. The van der Waals surface area contributed by atoms with Gasteiger partial charge < -0.3 is 4.90 Å². The van der Waals surface area contributed by atoms with E-state index in [1.54, 1.807) is 10.6 Å². The Morgan fingerprint density at radius 1 is 1.00 bits per heavy atom. The third kappa shape index (κ3) is 3.03. The molecule has 1 fully saturated rings. The summed E-state index contributed by atoms with van der Waals surface area (Å²) in [5.74, 6) is 0.0527. The predicted molar refractivity (Wildman–Crippen MR) is 92.9 cm³/mol. The van der Waals surface area contributed by atoms with Crippen molar-refractivity contribution in [3.63, 3.8) is 0 Å². The molecule has 4 heteroatoms. The summed E-state index contributed by atoms with van der Waals surface area (Å²) in [5, 5.41) is 1.06. The van der Waals surface area contributed by atoms with Gasteiger partial charge in [0.05, 0.1) is 5.52 Å². The first-order valence-corrected chi connectivity index (χ1v) is 8.36. The van der Waals surface area contributed by atoms with Gasteiger partial charge in [0.1, 0.15) is 6.54 Å². The van der Waals surface area contributed by atoms with E-state index in [1.807, 2.05) is 18.7 Å². The molecule has 1 amide bonds. The summed E-state index contributed by atoms with van der Waals surface area (Å²) in [4.78, 5) is 27.0. The Bertz CT molecular complexity index is 814. The van der Waals surface area contributed by atoms with Crippen LogP contribution in [0.3, 0.4) is 0 Å². The van der Waals surface area contributed by atoms with E-state index in [0.717, 1.165) is 48.0 Å². The van der Waals surface area contributed by atoms with Crippen LogP contribution >= 0.6 is 0 Å². The number of pyridine rings is 1. The predicted octanol–water partition coefficient (Wildman–Crippen LogP) is 2.94. The van der Waals surface area contributed by atoms with Crippen LogP contribution in [-0.2, 0) is 11.3 Å². The van der Waals surface area contributed by atoms with E-state index in [2.05, 4.69) is 19.1 Å².